The Morgan fingerprint density at radius 1 is 1.47 bits per heavy atom. The summed E-state index contributed by atoms with van der Waals surface area (Å²) in [5.74, 6) is 0.552. The molecule has 1 saturated heterocycles. The van der Waals surface area contributed by atoms with Gasteiger partial charge in [0.05, 0.1) is 6.10 Å². The number of benzene rings is 1. The van der Waals surface area contributed by atoms with Crippen molar-refractivity contribution in [2.75, 3.05) is 13.2 Å². The first kappa shape index (κ1) is 12.9. The zero-order valence-electron chi connectivity index (χ0n) is 10.4. The average molecular weight is 254 g/mol. The monoisotopic (exact) mass is 253 g/mol. The van der Waals surface area contributed by atoms with E-state index >= 15 is 0 Å². The Hall–Kier alpha value is -0.570. The van der Waals surface area contributed by atoms with E-state index in [0.29, 0.717) is 12.0 Å². The van der Waals surface area contributed by atoms with Crippen LogP contribution in [0.2, 0.25) is 5.02 Å². The maximum atomic E-state index is 6.03. The maximum absolute atomic E-state index is 6.03. The van der Waals surface area contributed by atoms with E-state index in [0.717, 1.165) is 24.6 Å². The summed E-state index contributed by atoms with van der Waals surface area (Å²) >= 11 is 6.03. The molecular weight excluding hydrogens is 234 g/mol. The Morgan fingerprint density at radius 2 is 2.29 bits per heavy atom. The lowest BCUT2D eigenvalue weighted by Gasteiger charge is -2.20. The molecule has 1 N–H and O–H groups in total. The zero-order chi connectivity index (χ0) is 12.3. The molecule has 0 spiro atoms. The molecule has 1 aromatic carbocycles. The van der Waals surface area contributed by atoms with Crippen LogP contribution in [0.15, 0.2) is 24.3 Å². The van der Waals surface area contributed by atoms with E-state index < -0.39 is 0 Å². The molecule has 94 valence electrons. The van der Waals surface area contributed by atoms with Crippen molar-refractivity contribution in [1.29, 1.82) is 0 Å². The van der Waals surface area contributed by atoms with Crippen molar-refractivity contribution in [3.05, 3.63) is 34.9 Å². The summed E-state index contributed by atoms with van der Waals surface area (Å²) in [4.78, 5) is 0. The van der Waals surface area contributed by atoms with Crippen LogP contribution in [0.5, 0.6) is 0 Å². The highest BCUT2D eigenvalue weighted by molar-refractivity contribution is 6.30. The van der Waals surface area contributed by atoms with Gasteiger partial charge in [0.1, 0.15) is 0 Å². The summed E-state index contributed by atoms with van der Waals surface area (Å²) in [5, 5.41) is 4.27. The summed E-state index contributed by atoms with van der Waals surface area (Å²) in [5.41, 5.74) is 1.20. The van der Waals surface area contributed by atoms with Gasteiger partial charge in [-0.2, -0.15) is 0 Å². The molecule has 2 nitrogen and oxygen atoms in total. The number of ether oxygens (including phenoxy) is 1. The van der Waals surface area contributed by atoms with Crippen molar-refractivity contribution in [1.82, 2.24) is 5.32 Å². The van der Waals surface area contributed by atoms with E-state index in [1.165, 1.54) is 5.56 Å². The Bertz CT molecular complexity index is 367. The molecule has 1 fully saturated rings. The van der Waals surface area contributed by atoms with Gasteiger partial charge in [0.15, 0.2) is 0 Å². The van der Waals surface area contributed by atoms with Crippen LogP contribution in [0.4, 0.5) is 0 Å². The summed E-state index contributed by atoms with van der Waals surface area (Å²) in [6, 6.07) is 8.54. The molecule has 3 heteroatoms. The zero-order valence-corrected chi connectivity index (χ0v) is 11.2. The topological polar surface area (TPSA) is 21.3 Å². The van der Waals surface area contributed by atoms with Crippen LogP contribution in [-0.2, 0) is 4.74 Å². The maximum Gasteiger partial charge on any atom is 0.0866 e. The molecule has 0 bridgehead atoms. The third kappa shape index (κ3) is 3.44. The highest BCUT2D eigenvalue weighted by Gasteiger charge is 2.29. The molecule has 0 radical (unpaired) electrons. The first-order chi connectivity index (χ1) is 8.16. The van der Waals surface area contributed by atoms with Crippen molar-refractivity contribution < 1.29 is 4.74 Å². The van der Waals surface area contributed by atoms with E-state index in [1.807, 2.05) is 18.2 Å². The molecule has 0 aliphatic carbocycles. The number of hydrogen-bond donors (Lipinski definition) is 1. The molecule has 2 rings (SSSR count). The van der Waals surface area contributed by atoms with Crippen LogP contribution in [0, 0.1) is 5.92 Å². The third-order valence-electron chi connectivity index (χ3n) is 3.18. The third-order valence-corrected chi connectivity index (χ3v) is 3.41. The number of rotatable bonds is 4. The fourth-order valence-electron chi connectivity index (χ4n) is 2.28. The molecule has 0 aromatic heterocycles. The fraction of sp³-hybridized carbons (Fsp3) is 0.571. The molecule has 1 aliphatic rings. The van der Waals surface area contributed by atoms with Crippen LogP contribution in [0.25, 0.3) is 0 Å². The highest BCUT2D eigenvalue weighted by Crippen LogP contribution is 2.34. The van der Waals surface area contributed by atoms with Gasteiger partial charge >= 0.3 is 0 Å². The highest BCUT2D eigenvalue weighted by atomic mass is 35.5. The lowest BCUT2D eigenvalue weighted by molar-refractivity contribution is 0.0901. The quantitative estimate of drug-likeness (QED) is 0.888. The second-order valence-corrected chi connectivity index (χ2v) is 5.39. The van der Waals surface area contributed by atoms with Gasteiger partial charge < -0.3 is 10.1 Å². The second-order valence-electron chi connectivity index (χ2n) is 4.96. The second kappa shape index (κ2) is 5.85. The lowest BCUT2D eigenvalue weighted by Crippen LogP contribution is -2.30. The molecule has 2 atom stereocenters. The normalized spacial score (nSPS) is 24.5. The predicted molar refractivity (Wildman–Crippen MR) is 71.4 cm³/mol. The molecule has 1 heterocycles. The summed E-state index contributed by atoms with van der Waals surface area (Å²) in [6.07, 6.45) is 1.32. The molecule has 0 amide bonds. The van der Waals surface area contributed by atoms with E-state index in [9.17, 15) is 0 Å². The Kier molecular flexibility index (Phi) is 4.43. The Morgan fingerprint density at radius 3 is 3.00 bits per heavy atom. The van der Waals surface area contributed by atoms with Crippen LogP contribution in [-0.4, -0.2) is 19.2 Å². The first-order valence-electron chi connectivity index (χ1n) is 6.27. The van der Waals surface area contributed by atoms with Crippen molar-refractivity contribution in [2.24, 2.45) is 5.92 Å². The minimum Gasteiger partial charge on any atom is -0.373 e. The summed E-state index contributed by atoms with van der Waals surface area (Å²) < 4.78 is 5.84. The number of halogens is 1. The van der Waals surface area contributed by atoms with Crippen LogP contribution in [0.1, 0.15) is 31.9 Å². The van der Waals surface area contributed by atoms with E-state index in [-0.39, 0.29) is 6.10 Å². The van der Waals surface area contributed by atoms with E-state index in [2.05, 4.69) is 25.2 Å². The van der Waals surface area contributed by atoms with Gasteiger partial charge in [-0.05, 0) is 24.1 Å². The van der Waals surface area contributed by atoms with Gasteiger partial charge in [0.25, 0.3) is 0 Å². The minimum atomic E-state index is 0.194. The largest absolute Gasteiger partial charge is 0.373 e. The first-order valence-corrected chi connectivity index (χ1v) is 6.65. The van der Waals surface area contributed by atoms with Gasteiger partial charge in [0.2, 0.25) is 0 Å². The molecular formula is C14H20ClNO. The summed E-state index contributed by atoms with van der Waals surface area (Å²) in [6.45, 7) is 6.20. The standard InChI is InChI=1S/C14H20ClNO/c1-10(2)16-9-12-6-7-17-14(12)11-4-3-5-13(15)8-11/h3-5,8,10,12,14,16H,6-7,9H2,1-2H3. The Balaban J connectivity index is 2.04. The van der Waals surface area contributed by atoms with Crippen LogP contribution in [0.3, 0.4) is 0 Å². The predicted octanol–water partition coefficient (Wildman–Crippen LogP) is 3.42. The number of nitrogens with one attached hydrogen (secondary N) is 1. The smallest absolute Gasteiger partial charge is 0.0866 e. The minimum absolute atomic E-state index is 0.194. The van der Waals surface area contributed by atoms with Crippen molar-refractivity contribution in [3.8, 4) is 0 Å². The van der Waals surface area contributed by atoms with Gasteiger partial charge in [0, 0.05) is 30.1 Å². The van der Waals surface area contributed by atoms with Gasteiger partial charge in [-0.25, -0.2) is 0 Å². The van der Waals surface area contributed by atoms with Crippen molar-refractivity contribution in [2.45, 2.75) is 32.4 Å². The average Bonchev–Trinajstić information content (AvgIpc) is 2.74. The van der Waals surface area contributed by atoms with Crippen molar-refractivity contribution in [3.63, 3.8) is 0 Å². The molecule has 1 aromatic rings. The molecule has 17 heavy (non-hydrogen) atoms. The van der Waals surface area contributed by atoms with Crippen LogP contribution >= 0.6 is 11.6 Å². The van der Waals surface area contributed by atoms with Crippen LogP contribution < -0.4 is 5.32 Å². The van der Waals surface area contributed by atoms with E-state index in [1.54, 1.807) is 0 Å². The van der Waals surface area contributed by atoms with Gasteiger partial charge in [-0.1, -0.05) is 37.6 Å². The lowest BCUT2D eigenvalue weighted by atomic mass is 9.95. The number of hydrogen-bond acceptors (Lipinski definition) is 2. The van der Waals surface area contributed by atoms with Crippen molar-refractivity contribution >= 4 is 11.6 Å². The van der Waals surface area contributed by atoms with Gasteiger partial charge in [-0.3, -0.25) is 0 Å². The van der Waals surface area contributed by atoms with E-state index in [4.69, 9.17) is 16.3 Å². The SMILES string of the molecule is CC(C)NCC1CCOC1c1cccc(Cl)c1. The molecule has 2 unspecified atom stereocenters. The summed E-state index contributed by atoms with van der Waals surface area (Å²) in [7, 11) is 0. The molecule has 1 aliphatic heterocycles. The molecule has 0 saturated carbocycles. The fourth-order valence-corrected chi connectivity index (χ4v) is 2.48. The Labute approximate surface area is 108 Å². The van der Waals surface area contributed by atoms with Gasteiger partial charge in [-0.15, -0.1) is 0 Å².